The van der Waals surface area contributed by atoms with E-state index < -0.39 is 16.4 Å². The molecule has 0 aromatic heterocycles. The van der Waals surface area contributed by atoms with Gasteiger partial charge < -0.3 is 5.11 Å². The van der Waals surface area contributed by atoms with E-state index in [9.17, 15) is 13.7 Å². The third-order valence-electron chi connectivity index (χ3n) is 4.22. The zero-order valence-electron chi connectivity index (χ0n) is 10.4. The molecular formula is C14H17FO2S. The Hall–Kier alpha value is -0.740. The van der Waals surface area contributed by atoms with Crippen molar-refractivity contribution in [2.45, 2.75) is 48.7 Å². The number of benzene rings is 1. The summed E-state index contributed by atoms with van der Waals surface area (Å²) in [7, 11) is -0.833. The van der Waals surface area contributed by atoms with Gasteiger partial charge in [-0.25, -0.2) is 4.39 Å². The maximum absolute atomic E-state index is 13.9. The zero-order chi connectivity index (χ0) is 12.9. The first kappa shape index (κ1) is 12.3. The summed E-state index contributed by atoms with van der Waals surface area (Å²) in [6, 6.07) is 4.84. The minimum Gasteiger partial charge on any atom is -0.385 e. The second-order valence-electron chi connectivity index (χ2n) is 5.57. The Bertz CT molecular complexity index is 499. The van der Waals surface area contributed by atoms with E-state index in [-0.39, 0.29) is 16.3 Å². The van der Waals surface area contributed by atoms with Gasteiger partial charge in [-0.05, 0) is 38.7 Å². The van der Waals surface area contributed by atoms with E-state index in [1.165, 1.54) is 6.07 Å². The lowest BCUT2D eigenvalue weighted by molar-refractivity contribution is 0.0150. The maximum Gasteiger partial charge on any atom is 0.129 e. The fourth-order valence-electron chi connectivity index (χ4n) is 3.30. The van der Waals surface area contributed by atoms with Crippen molar-refractivity contribution in [3.8, 4) is 0 Å². The van der Waals surface area contributed by atoms with Gasteiger partial charge in [0.2, 0.25) is 0 Å². The Labute approximate surface area is 109 Å². The van der Waals surface area contributed by atoms with E-state index in [0.717, 1.165) is 18.4 Å². The molecule has 0 radical (unpaired) electrons. The molecule has 0 aliphatic carbocycles. The van der Waals surface area contributed by atoms with Crippen LogP contribution in [0.4, 0.5) is 4.39 Å². The van der Waals surface area contributed by atoms with E-state index in [4.69, 9.17) is 0 Å². The zero-order valence-corrected chi connectivity index (χ0v) is 11.2. The Morgan fingerprint density at radius 2 is 1.94 bits per heavy atom. The third-order valence-corrected chi connectivity index (χ3v) is 6.34. The molecule has 98 valence electrons. The van der Waals surface area contributed by atoms with Crippen molar-refractivity contribution in [3.05, 3.63) is 35.1 Å². The molecule has 2 heterocycles. The van der Waals surface area contributed by atoms with Crippen LogP contribution < -0.4 is 0 Å². The molecule has 2 unspecified atom stereocenters. The van der Waals surface area contributed by atoms with Crippen LogP contribution in [0.3, 0.4) is 0 Å². The molecule has 2 aliphatic heterocycles. The van der Waals surface area contributed by atoms with Gasteiger partial charge >= 0.3 is 0 Å². The largest absolute Gasteiger partial charge is 0.385 e. The topological polar surface area (TPSA) is 37.3 Å². The number of rotatable bonds is 1. The highest BCUT2D eigenvalue weighted by atomic mass is 32.2. The van der Waals surface area contributed by atoms with Gasteiger partial charge in [0, 0.05) is 26.9 Å². The first-order valence-electron chi connectivity index (χ1n) is 6.38. The molecule has 2 nitrogen and oxygen atoms in total. The van der Waals surface area contributed by atoms with Crippen LogP contribution in [0.1, 0.15) is 36.8 Å². The molecule has 0 saturated carbocycles. The summed E-state index contributed by atoms with van der Waals surface area (Å²) in [5.41, 5.74) is 0.200. The molecule has 2 atom stereocenters. The molecule has 0 amide bonds. The van der Waals surface area contributed by atoms with E-state index in [2.05, 4.69) is 0 Å². The summed E-state index contributed by atoms with van der Waals surface area (Å²) < 4.78 is 25.9. The monoisotopic (exact) mass is 268 g/mol. The van der Waals surface area contributed by atoms with Crippen LogP contribution >= 0.6 is 0 Å². The lowest BCUT2D eigenvalue weighted by Crippen LogP contribution is -2.40. The predicted octanol–water partition coefficient (Wildman–Crippen LogP) is 2.40. The van der Waals surface area contributed by atoms with Crippen LogP contribution in [-0.4, -0.2) is 19.8 Å². The van der Waals surface area contributed by atoms with Crippen molar-refractivity contribution in [2.75, 3.05) is 0 Å². The maximum atomic E-state index is 13.9. The van der Waals surface area contributed by atoms with Crippen molar-refractivity contribution in [2.24, 2.45) is 0 Å². The van der Waals surface area contributed by atoms with Gasteiger partial charge in [0.1, 0.15) is 5.82 Å². The molecule has 3 rings (SSSR count). The summed E-state index contributed by atoms with van der Waals surface area (Å²) in [5, 5.41) is 10.8. The molecular weight excluding hydrogens is 251 g/mol. The quantitative estimate of drug-likeness (QED) is 0.849. The van der Waals surface area contributed by atoms with Crippen LogP contribution in [0.15, 0.2) is 18.2 Å². The summed E-state index contributed by atoms with van der Waals surface area (Å²) in [5.74, 6) is -0.352. The Morgan fingerprint density at radius 1 is 1.33 bits per heavy atom. The first-order valence-corrected chi connectivity index (χ1v) is 7.65. The van der Waals surface area contributed by atoms with Gasteiger partial charge in [0.05, 0.1) is 5.60 Å². The van der Waals surface area contributed by atoms with Crippen molar-refractivity contribution in [1.29, 1.82) is 0 Å². The molecule has 4 heteroatoms. The number of aryl methyl sites for hydroxylation is 1. The lowest BCUT2D eigenvalue weighted by atomic mass is 9.85. The molecule has 0 spiro atoms. The summed E-state index contributed by atoms with van der Waals surface area (Å²) in [6.45, 7) is 1.89. The van der Waals surface area contributed by atoms with Crippen LogP contribution in [0.5, 0.6) is 0 Å². The Morgan fingerprint density at radius 3 is 2.56 bits per heavy atom. The van der Waals surface area contributed by atoms with Gasteiger partial charge in [0.15, 0.2) is 0 Å². The van der Waals surface area contributed by atoms with E-state index >= 15 is 0 Å². The van der Waals surface area contributed by atoms with Crippen molar-refractivity contribution >= 4 is 10.8 Å². The average Bonchev–Trinajstić information content (AvgIpc) is 2.56. The number of halogens is 1. The molecule has 1 N–H and O–H groups in total. The smallest absolute Gasteiger partial charge is 0.129 e. The van der Waals surface area contributed by atoms with Gasteiger partial charge in [0.25, 0.3) is 0 Å². The number of hydrogen-bond acceptors (Lipinski definition) is 2. The molecule has 2 saturated heterocycles. The summed E-state index contributed by atoms with van der Waals surface area (Å²) in [6.07, 6.45) is 2.65. The number of hydrogen-bond donors (Lipinski definition) is 1. The Kier molecular flexibility index (Phi) is 2.83. The SMILES string of the molecule is Cc1ccc(F)c(C2(O)CC3CCC(C2)S3=O)c1. The Balaban J connectivity index is 2.01. The first-order chi connectivity index (χ1) is 8.49. The second-order valence-corrected chi connectivity index (χ2v) is 7.56. The lowest BCUT2D eigenvalue weighted by Gasteiger charge is -2.36. The van der Waals surface area contributed by atoms with Crippen LogP contribution in [-0.2, 0) is 16.4 Å². The van der Waals surface area contributed by atoms with Gasteiger partial charge in [-0.3, -0.25) is 4.21 Å². The van der Waals surface area contributed by atoms with Crippen molar-refractivity contribution < 1.29 is 13.7 Å². The van der Waals surface area contributed by atoms with E-state index in [1.807, 2.05) is 6.92 Å². The van der Waals surface area contributed by atoms with Gasteiger partial charge in [-0.2, -0.15) is 0 Å². The minimum atomic E-state index is -1.13. The van der Waals surface area contributed by atoms with Crippen LogP contribution in [0, 0.1) is 12.7 Å². The molecule has 1 aromatic carbocycles. The third kappa shape index (κ3) is 1.82. The second kappa shape index (κ2) is 4.14. The van der Waals surface area contributed by atoms with E-state index in [0.29, 0.717) is 18.4 Å². The molecule has 1 aromatic rings. The molecule has 2 fully saturated rings. The van der Waals surface area contributed by atoms with Gasteiger partial charge in [-0.15, -0.1) is 0 Å². The highest BCUT2D eigenvalue weighted by molar-refractivity contribution is 7.86. The average molecular weight is 268 g/mol. The molecule has 18 heavy (non-hydrogen) atoms. The predicted molar refractivity (Wildman–Crippen MR) is 69.2 cm³/mol. The molecule has 2 aliphatic rings. The summed E-state index contributed by atoms with van der Waals surface area (Å²) >= 11 is 0. The van der Waals surface area contributed by atoms with Crippen LogP contribution in [0.25, 0.3) is 0 Å². The standard InChI is InChI=1S/C14H17FO2S/c1-9-2-5-13(15)12(6-9)14(16)7-10-3-4-11(8-14)18(10)17/h2,5-6,10-11,16H,3-4,7-8H2,1H3. The van der Waals surface area contributed by atoms with Gasteiger partial charge in [-0.1, -0.05) is 17.7 Å². The fourth-order valence-corrected chi connectivity index (χ4v) is 5.46. The van der Waals surface area contributed by atoms with Crippen molar-refractivity contribution in [1.82, 2.24) is 0 Å². The fraction of sp³-hybridized carbons (Fsp3) is 0.571. The van der Waals surface area contributed by atoms with Crippen LogP contribution in [0.2, 0.25) is 0 Å². The number of aliphatic hydroxyl groups is 1. The molecule has 2 bridgehead atoms. The van der Waals surface area contributed by atoms with E-state index in [1.54, 1.807) is 12.1 Å². The summed E-state index contributed by atoms with van der Waals surface area (Å²) in [4.78, 5) is 0. The number of fused-ring (bicyclic) bond motifs is 2. The highest BCUT2D eigenvalue weighted by Crippen LogP contribution is 2.46. The minimum absolute atomic E-state index is 0.0358. The highest BCUT2D eigenvalue weighted by Gasteiger charge is 2.49. The normalized spacial score (nSPS) is 38.9. The van der Waals surface area contributed by atoms with Crippen molar-refractivity contribution in [3.63, 3.8) is 0 Å².